The maximum absolute atomic E-state index is 13.3. The van der Waals surface area contributed by atoms with Crippen molar-refractivity contribution in [2.75, 3.05) is 12.4 Å². The lowest BCUT2D eigenvalue weighted by Gasteiger charge is -2.07. The molecular weight excluding hydrogens is 262 g/mol. The van der Waals surface area contributed by atoms with Crippen molar-refractivity contribution in [3.05, 3.63) is 42.2 Å². The quantitative estimate of drug-likeness (QED) is 0.851. The standard InChI is InChI=1S/C12H9F4N3/c1-17-10-4-7(2-3-9(10)13)8-5-18-11(19-6-8)12(14,15)16/h2-6,17H,1H3. The van der Waals surface area contributed by atoms with Crippen molar-refractivity contribution < 1.29 is 17.6 Å². The van der Waals surface area contributed by atoms with Crippen molar-refractivity contribution in [1.29, 1.82) is 0 Å². The zero-order valence-electron chi connectivity index (χ0n) is 9.79. The normalized spacial score (nSPS) is 11.4. The Bertz CT molecular complexity index is 579. The fourth-order valence-corrected chi connectivity index (χ4v) is 1.52. The Labute approximate surface area is 106 Å². The van der Waals surface area contributed by atoms with Crippen LogP contribution < -0.4 is 5.32 Å². The molecule has 3 nitrogen and oxygen atoms in total. The summed E-state index contributed by atoms with van der Waals surface area (Å²) in [5.41, 5.74) is 1.15. The van der Waals surface area contributed by atoms with Gasteiger partial charge in [0.15, 0.2) is 0 Å². The number of rotatable bonds is 2. The topological polar surface area (TPSA) is 37.8 Å². The number of aromatic nitrogens is 2. The second kappa shape index (κ2) is 4.83. The second-order valence-electron chi connectivity index (χ2n) is 3.74. The van der Waals surface area contributed by atoms with Crippen molar-refractivity contribution in [2.45, 2.75) is 6.18 Å². The van der Waals surface area contributed by atoms with Crippen molar-refractivity contribution in [1.82, 2.24) is 9.97 Å². The van der Waals surface area contributed by atoms with Crippen LogP contribution in [0.5, 0.6) is 0 Å². The van der Waals surface area contributed by atoms with Gasteiger partial charge in [-0.3, -0.25) is 0 Å². The minimum absolute atomic E-state index is 0.248. The molecule has 1 aromatic heterocycles. The summed E-state index contributed by atoms with van der Waals surface area (Å²) >= 11 is 0. The van der Waals surface area contributed by atoms with Gasteiger partial charge in [-0.15, -0.1) is 0 Å². The molecule has 19 heavy (non-hydrogen) atoms. The maximum atomic E-state index is 13.3. The van der Waals surface area contributed by atoms with E-state index in [0.717, 1.165) is 12.4 Å². The minimum Gasteiger partial charge on any atom is -0.386 e. The van der Waals surface area contributed by atoms with Gasteiger partial charge < -0.3 is 5.32 Å². The SMILES string of the molecule is CNc1cc(-c2cnc(C(F)(F)F)nc2)ccc1F. The molecule has 0 saturated carbocycles. The summed E-state index contributed by atoms with van der Waals surface area (Å²) in [6, 6.07) is 4.14. The fourth-order valence-electron chi connectivity index (χ4n) is 1.52. The Balaban J connectivity index is 2.37. The van der Waals surface area contributed by atoms with Gasteiger partial charge in [0, 0.05) is 25.0 Å². The number of anilines is 1. The highest BCUT2D eigenvalue weighted by Crippen LogP contribution is 2.28. The lowest BCUT2D eigenvalue weighted by molar-refractivity contribution is -0.144. The van der Waals surface area contributed by atoms with Crippen LogP contribution in [-0.2, 0) is 6.18 Å². The molecule has 7 heteroatoms. The number of hydrogen-bond acceptors (Lipinski definition) is 3. The van der Waals surface area contributed by atoms with Crippen LogP contribution in [-0.4, -0.2) is 17.0 Å². The number of alkyl halides is 3. The smallest absolute Gasteiger partial charge is 0.386 e. The van der Waals surface area contributed by atoms with Crippen LogP contribution in [0.25, 0.3) is 11.1 Å². The summed E-state index contributed by atoms with van der Waals surface area (Å²) in [5, 5.41) is 2.65. The second-order valence-corrected chi connectivity index (χ2v) is 3.74. The lowest BCUT2D eigenvalue weighted by atomic mass is 10.1. The zero-order chi connectivity index (χ0) is 14.0. The van der Waals surface area contributed by atoms with E-state index in [1.165, 1.54) is 18.2 Å². The van der Waals surface area contributed by atoms with Crippen LogP contribution >= 0.6 is 0 Å². The van der Waals surface area contributed by atoms with Crippen LogP contribution in [0.15, 0.2) is 30.6 Å². The van der Waals surface area contributed by atoms with E-state index < -0.39 is 17.8 Å². The molecule has 0 spiro atoms. The van der Waals surface area contributed by atoms with Crippen LogP contribution in [0.4, 0.5) is 23.2 Å². The molecule has 0 fully saturated rings. The Kier molecular flexibility index (Phi) is 3.37. The Morgan fingerprint density at radius 3 is 2.21 bits per heavy atom. The number of nitrogens with zero attached hydrogens (tertiary/aromatic N) is 2. The first-order chi connectivity index (χ1) is 8.91. The summed E-state index contributed by atoms with van der Waals surface area (Å²) < 4.78 is 50.2. The van der Waals surface area contributed by atoms with Gasteiger partial charge in [0.05, 0.1) is 5.69 Å². The van der Waals surface area contributed by atoms with Gasteiger partial charge in [-0.2, -0.15) is 13.2 Å². The number of halogens is 4. The molecule has 0 aliphatic carbocycles. The third-order valence-corrected chi connectivity index (χ3v) is 2.47. The summed E-state index contributed by atoms with van der Waals surface area (Å²) in [6.07, 6.45) is -2.46. The highest BCUT2D eigenvalue weighted by Gasteiger charge is 2.34. The van der Waals surface area contributed by atoms with E-state index in [1.807, 2.05) is 0 Å². The monoisotopic (exact) mass is 271 g/mol. The van der Waals surface area contributed by atoms with Gasteiger partial charge in [-0.25, -0.2) is 14.4 Å². The Morgan fingerprint density at radius 1 is 1.05 bits per heavy atom. The van der Waals surface area contributed by atoms with E-state index in [9.17, 15) is 17.6 Å². The van der Waals surface area contributed by atoms with Crippen molar-refractivity contribution >= 4 is 5.69 Å². The van der Waals surface area contributed by atoms with Crippen molar-refractivity contribution in [3.8, 4) is 11.1 Å². The molecule has 0 amide bonds. The molecular formula is C12H9F4N3. The first kappa shape index (κ1) is 13.3. The number of benzene rings is 1. The van der Waals surface area contributed by atoms with E-state index >= 15 is 0 Å². The molecule has 0 unspecified atom stereocenters. The Morgan fingerprint density at radius 2 is 1.68 bits per heavy atom. The summed E-state index contributed by atoms with van der Waals surface area (Å²) in [5.74, 6) is -1.65. The fraction of sp³-hybridized carbons (Fsp3) is 0.167. The van der Waals surface area contributed by atoms with Crippen molar-refractivity contribution in [2.24, 2.45) is 0 Å². The molecule has 0 aliphatic rings. The average molecular weight is 271 g/mol. The van der Waals surface area contributed by atoms with Gasteiger partial charge in [0.2, 0.25) is 5.82 Å². The molecule has 1 aromatic carbocycles. The van der Waals surface area contributed by atoms with Crippen LogP contribution in [0.3, 0.4) is 0 Å². The summed E-state index contributed by atoms with van der Waals surface area (Å²) in [7, 11) is 1.55. The van der Waals surface area contributed by atoms with Gasteiger partial charge in [-0.1, -0.05) is 6.07 Å². The highest BCUT2D eigenvalue weighted by molar-refractivity contribution is 5.67. The largest absolute Gasteiger partial charge is 0.451 e. The first-order valence-corrected chi connectivity index (χ1v) is 5.28. The van der Waals surface area contributed by atoms with E-state index in [2.05, 4.69) is 15.3 Å². The molecule has 2 aromatic rings. The van der Waals surface area contributed by atoms with E-state index in [1.54, 1.807) is 7.05 Å². The molecule has 100 valence electrons. The minimum atomic E-state index is -4.57. The molecule has 1 N–H and O–H groups in total. The predicted octanol–water partition coefficient (Wildman–Crippen LogP) is 3.34. The van der Waals surface area contributed by atoms with Gasteiger partial charge in [0.25, 0.3) is 0 Å². The number of nitrogens with one attached hydrogen (secondary N) is 1. The molecule has 0 radical (unpaired) electrons. The molecule has 2 rings (SSSR count). The van der Waals surface area contributed by atoms with E-state index in [-0.39, 0.29) is 5.69 Å². The number of hydrogen-bond donors (Lipinski definition) is 1. The third-order valence-electron chi connectivity index (χ3n) is 2.47. The molecule has 1 heterocycles. The first-order valence-electron chi connectivity index (χ1n) is 5.28. The van der Waals surface area contributed by atoms with Gasteiger partial charge in [0.1, 0.15) is 5.82 Å². The van der Waals surface area contributed by atoms with Gasteiger partial charge in [-0.05, 0) is 17.7 Å². The molecule has 0 saturated heterocycles. The van der Waals surface area contributed by atoms with Crippen LogP contribution in [0, 0.1) is 5.82 Å². The lowest BCUT2D eigenvalue weighted by Crippen LogP contribution is -2.10. The van der Waals surface area contributed by atoms with Gasteiger partial charge >= 0.3 is 6.18 Å². The predicted molar refractivity (Wildman–Crippen MR) is 62.0 cm³/mol. The van der Waals surface area contributed by atoms with Crippen LogP contribution in [0.2, 0.25) is 0 Å². The zero-order valence-corrected chi connectivity index (χ0v) is 9.79. The van der Waals surface area contributed by atoms with E-state index in [4.69, 9.17) is 0 Å². The molecule has 0 bridgehead atoms. The maximum Gasteiger partial charge on any atom is 0.451 e. The van der Waals surface area contributed by atoms with Crippen LogP contribution in [0.1, 0.15) is 5.82 Å². The van der Waals surface area contributed by atoms with E-state index in [0.29, 0.717) is 11.1 Å². The molecule has 0 aliphatic heterocycles. The Hall–Kier alpha value is -2.18. The summed E-state index contributed by atoms with van der Waals surface area (Å²) in [4.78, 5) is 6.51. The average Bonchev–Trinajstić information content (AvgIpc) is 2.38. The highest BCUT2D eigenvalue weighted by atomic mass is 19.4. The molecule has 0 atom stereocenters. The third kappa shape index (κ3) is 2.81. The summed E-state index contributed by atoms with van der Waals surface area (Å²) in [6.45, 7) is 0. The van der Waals surface area contributed by atoms with Crippen molar-refractivity contribution in [3.63, 3.8) is 0 Å².